The summed E-state index contributed by atoms with van der Waals surface area (Å²) < 4.78 is 26.1. The lowest BCUT2D eigenvalue weighted by atomic mass is 9.95. The molecule has 126 valence electrons. The SMILES string of the molecule is C[C@@H](C(=NS(C)(=O)=O)NO)c1cccc(C(=O)c2ccccc2)c1. The van der Waals surface area contributed by atoms with E-state index in [1.54, 1.807) is 55.5 Å². The topological polar surface area (TPSA) is 95.8 Å². The van der Waals surface area contributed by atoms with Gasteiger partial charge in [-0.15, -0.1) is 4.40 Å². The molecule has 0 unspecified atom stereocenters. The zero-order chi connectivity index (χ0) is 17.7. The van der Waals surface area contributed by atoms with Crippen LogP contribution in [-0.4, -0.2) is 31.5 Å². The van der Waals surface area contributed by atoms with Crippen LogP contribution >= 0.6 is 0 Å². The molecule has 1 atom stereocenters. The molecule has 0 bridgehead atoms. The average Bonchev–Trinajstić information content (AvgIpc) is 2.58. The number of hydrogen-bond donors (Lipinski definition) is 2. The maximum absolute atomic E-state index is 12.5. The highest BCUT2D eigenvalue weighted by Gasteiger charge is 2.17. The Morgan fingerprint density at radius 3 is 2.29 bits per heavy atom. The van der Waals surface area contributed by atoms with E-state index in [0.717, 1.165) is 6.26 Å². The third kappa shape index (κ3) is 4.50. The second-order valence-corrected chi connectivity index (χ2v) is 7.01. The van der Waals surface area contributed by atoms with E-state index < -0.39 is 15.9 Å². The highest BCUT2D eigenvalue weighted by Crippen LogP contribution is 2.20. The predicted molar refractivity (Wildman–Crippen MR) is 91.9 cm³/mol. The molecule has 0 aliphatic rings. The Hall–Kier alpha value is -2.51. The van der Waals surface area contributed by atoms with Gasteiger partial charge in [-0.2, -0.15) is 0 Å². The molecule has 2 rings (SSSR count). The van der Waals surface area contributed by atoms with Crippen molar-refractivity contribution in [1.82, 2.24) is 5.48 Å². The summed E-state index contributed by atoms with van der Waals surface area (Å²) >= 11 is 0. The molecule has 0 heterocycles. The summed E-state index contributed by atoms with van der Waals surface area (Å²) in [6.45, 7) is 1.68. The van der Waals surface area contributed by atoms with E-state index in [0.29, 0.717) is 16.7 Å². The Balaban J connectivity index is 2.36. The van der Waals surface area contributed by atoms with Crippen LogP contribution in [0.25, 0.3) is 0 Å². The number of nitrogens with zero attached hydrogens (tertiary/aromatic N) is 1. The standard InChI is InChI=1S/C17H18N2O4S/c1-12(17(18-21)19-24(2,22)23)14-9-6-10-15(11-14)16(20)13-7-4-3-5-8-13/h3-12,21H,1-2H3,(H,18,19)/t12-/m1/s1. The number of carbonyl (C=O) groups is 1. The number of amidine groups is 1. The molecule has 0 aromatic heterocycles. The van der Waals surface area contributed by atoms with Crippen LogP contribution in [0.3, 0.4) is 0 Å². The van der Waals surface area contributed by atoms with Crippen molar-refractivity contribution in [2.24, 2.45) is 4.40 Å². The Labute approximate surface area is 140 Å². The summed E-state index contributed by atoms with van der Waals surface area (Å²) in [5.74, 6) is -0.779. The van der Waals surface area contributed by atoms with Crippen molar-refractivity contribution >= 4 is 21.6 Å². The van der Waals surface area contributed by atoms with Crippen molar-refractivity contribution in [2.45, 2.75) is 12.8 Å². The fourth-order valence-electron chi connectivity index (χ4n) is 2.24. The van der Waals surface area contributed by atoms with Crippen LogP contribution in [0.1, 0.15) is 34.3 Å². The maximum Gasteiger partial charge on any atom is 0.251 e. The number of hydroxylamine groups is 1. The molecular formula is C17H18N2O4S. The smallest absolute Gasteiger partial charge is 0.251 e. The number of rotatable bonds is 5. The molecule has 2 aromatic carbocycles. The van der Waals surface area contributed by atoms with Gasteiger partial charge in [0.2, 0.25) is 0 Å². The van der Waals surface area contributed by atoms with Gasteiger partial charge in [0.1, 0.15) is 5.84 Å². The van der Waals surface area contributed by atoms with E-state index in [2.05, 4.69) is 4.40 Å². The minimum absolute atomic E-state index is 0.109. The minimum Gasteiger partial charge on any atom is -0.290 e. The van der Waals surface area contributed by atoms with E-state index in [9.17, 15) is 13.2 Å². The van der Waals surface area contributed by atoms with Gasteiger partial charge in [-0.3, -0.25) is 15.5 Å². The lowest BCUT2D eigenvalue weighted by Crippen LogP contribution is -2.26. The highest BCUT2D eigenvalue weighted by atomic mass is 32.2. The summed E-state index contributed by atoms with van der Waals surface area (Å²) in [5.41, 5.74) is 3.51. The molecule has 0 aliphatic carbocycles. The van der Waals surface area contributed by atoms with Crippen LogP contribution in [0.4, 0.5) is 0 Å². The quantitative estimate of drug-likeness (QED) is 0.375. The van der Waals surface area contributed by atoms with E-state index in [4.69, 9.17) is 5.21 Å². The molecule has 2 aromatic rings. The number of nitrogens with one attached hydrogen (secondary N) is 1. The fourth-order valence-corrected chi connectivity index (χ4v) is 2.79. The molecular weight excluding hydrogens is 328 g/mol. The third-order valence-corrected chi connectivity index (χ3v) is 4.00. The van der Waals surface area contributed by atoms with Crippen molar-refractivity contribution in [2.75, 3.05) is 6.26 Å². The molecule has 2 N–H and O–H groups in total. The summed E-state index contributed by atoms with van der Waals surface area (Å²) in [7, 11) is -3.66. The average molecular weight is 346 g/mol. The number of ketones is 1. The van der Waals surface area contributed by atoms with E-state index in [1.165, 1.54) is 0 Å². The van der Waals surface area contributed by atoms with Crippen molar-refractivity contribution in [3.05, 3.63) is 71.3 Å². The zero-order valence-electron chi connectivity index (χ0n) is 13.3. The number of sulfonamides is 1. The van der Waals surface area contributed by atoms with Gasteiger partial charge in [0.15, 0.2) is 5.78 Å². The van der Waals surface area contributed by atoms with Crippen LogP contribution in [0.15, 0.2) is 59.0 Å². The number of hydrogen-bond acceptors (Lipinski definition) is 4. The van der Waals surface area contributed by atoms with Crippen molar-refractivity contribution in [3.8, 4) is 0 Å². The van der Waals surface area contributed by atoms with Gasteiger partial charge in [-0.05, 0) is 11.6 Å². The third-order valence-electron chi connectivity index (χ3n) is 3.47. The molecule has 0 spiro atoms. The molecule has 7 heteroatoms. The lowest BCUT2D eigenvalue weighted by molar-refractivity contribution is 0.103. The van der Waals surface area contributed by atoms with E-state index >= 15 is 0 Å². The van der Waals surface area contributed by atoms with Crippen LogP contribution in [0, 0.1) is 0 Å². The number of carbonyl (C=O) groups excluding carboxylic acids is 1. The monoisotopic (exact) mass is 346 g/mol. The molecule has 0 radical (unpaired) electrons. The predicted octanol–water partition coefficient (Wildman–Crippen LogP) is 2.36. The van der Waals surface area contributed by atoms with E-state index in [1.807, 2.05) is 11.5 Å². The Morgan fingerprint density at radius 1 is 1.08 bits per heavy atom. The van der Waals surface area contributed by atoms with Gasteiger partial charge < -0.3 is 0 Å². The van der Waals surface area contributed by atoms with Crippen molar-refractivity contribution < 1.29 is 18.4 Å². The molecule has 0 saturated heterocycles. The van der Waals surface area contributed by atoms with Gasteiger partial charge in [0.05, 0.1) is 6.26 Å². The molecule has 0 aliphatic heterocycles. The van der Waals surface area contributed by atoms with Gasteiger partial charge in [0, 0.05) is 17.0 Å². The second kappa shape index (κ2) is 7.37. The van der Waals surface area contributed by atoms with Crippen molar-refractivity contribution in [1.29, 1.82) is 0 Å². The largest absolute Gasteiger partial charge is 0.290 e. The van der Waals surface area contributed by atoms with Crippen LogP contribution < -0.4 is 5.48 Å². The molecule has 0 fully saturated rings. The Kier molecular flexibility index (Phi) is 5.48. The molecule has 0 amide bonds. The summed E-state index contributed by atoms with van der Waals surface area (Å²) in [6.07, 6.45) is 0.937. The fraction of sp³-hybridized carbons (Fsp3) is 0.176. The van der Waals surface area contributed by atoms with Gasteiger partial charge in [0.25, 0.3) is 10.0 Å². The summed E-state index contributed by atoms with van der Waals surface area (Å²) in [6, 6.07) is 15.6. The normalized spacial score (nSPS) is 13.4. The molecule has 0 saturated carbocycles. The maximum atomic E-state index is 12.5. The van der Waals surface area contributed by atoms with E-state index in [-0.39, 0.29) is 11.6 Å². The zero-order valence-corrected chi connectivity index (χ0v) is 14.1. The summed E-state index contributed by atoms with van der Waals surface area (Å²) in [5, 5.41) is 9.17. The van der Waals surface area contributed by atoms with Crippen LogP contribution in [-0.2, 0) is 10.0 Å². The van der Waals surface area contributed by atoms with Crippen LogP contribution in [0.2, 0.25) is 0 Å². The lowest BCUT2D eigenvalue weighted by Gasteiger charge is -2.14. The molecule has 6 nitrogen and oxygen atoms in total. The van der Waals surface area contributed by atoms with Crippen LogP contribution in [0.5, 0.6) is 0 Å². The second-order valence-electron chi connectivity index (χ2n) is 5.36. The van der Waals surface area contributed by atoms with Crippen molar-refractivity contribution in [3.63, 3.8) is 0 Å². The van der Waals surface area contributed by atoms with Gasteiger partial charge in [-0.1, -0.05) is 55.5 Å². The first-order valence-corrected chi connectivity index (χ1v) is 9.06. The highest BCUT2D eigenvalue weighted by molar-refractivity contribution is 7.89. The van der Waals surface area contributed by atoms with Gasteiger partial charge in [-0.25, -0.2) is 8.42 Å². The summed E-state index contributed by atoms with van der Waals surface area (Å²) in [4.78, 5) is 12.5. The first-order chi connectivity index (χ1) is 11.3. The molecule has 24 heavy (non-hydrogen) atoms. The van der Waals surface area contributed by atoms with Gasteiger partial charge >= 0.3 is 0 Å². The first-order valence-electron chi connectivity index (χ1n) is 7.21. The Bertz CT molecular complexity index is 861. The first kappa shape index (κ1) is 17.8. The number of benzene rings is 2. The Morgan fingerprint density at radius 2 is 1.71 bits per heavy atom. The minimum atomic E-state index is -3.66.